The van der Waals surface area contributed by atoms with Crippen molar-refractivity contribution in [3.8, 4) is 11.3 Å². The van der Waals surface area contributed by atoms with Crippen LogP contribution in [-0.4, -0.2) is 16.1 Å². The molecular weight excluding hydrogens is 308 g/mol. The number of hydrogen-bond acceptors (Lipinski definition) is 4. The summed E-state index contributed by atoms with van der Waals surface area (Å²) in [6.07, 6.45) is 5.76. The molecule has 114 valence electrons. The van der Waals surface area contributed by atoms with E-state index in [1.807, 2.05) is 47.9 Å². The summed E-state index contributed by atoms with van der Waals surface area (Å²) in [7, 11) is 0. The molecule has 1 amide bonds. The lowest BCUT2D eigenvalue weighted by molar-refractivity contribution is 0.0706. The van der Waals surface area contributed by atoms with Crippen LogP contribution >= 0.6 is 11.3 Å². The van der Waals surface area contributed by atoms with E-state index in [-0.39, 0.29) is 0 Å². The van der Waals surface area contributed by atoms with Crippen LogP contribution in [-0.2, 0) is 0 Å². The zero-order valence-corrected chi connectivity index (χ0v) is 13.0. The molecule has 3 aromatic rings. The third-order valence-electron chi connectivity index (χ3n) is 3.34. The second-order valence-corrected chi connectivity index (χ2v) is 5.66. The summed E-state index contributed by atoms with van der Waals surface area (Å²) in [5.41, 5.74) is 6.11. The summed E-state index contributed by atoms with van der Waals surface area (Å²) in [4.78, 5) is 15.7. The van der Waals surface area contributed by atoms with Gasteiger partial charge in [-0.15, -0.1) is 0 Å². The topological polar surface area (TPSA) is 62.2 Å². The number of pyridine rings is 1. The van der Waals surface area contributed by atoms with Gasteiger partial charge in [-0.3, -0.25) is 15.0 Å². The predicted octanol–water partition coefficient (Wildman–Crippen LogP) is 4.10. The summed E-state index contributed by atoms with van der Waals surface area (Å²) in [5.74, 6) is -0.518. The van der Waals surface area contributed by atoms with Gasteiger partial charge in [0, 0.05) is 22.7 Å². The molecule has 0 unspecified atom stereocenters. The number of aromatic nitrogens is 1. The van der Waals surface area contributed by atoms with Crippen molar-refractivity contribution in [2.75, 3.05) is 0 Å². The van der Waals surface area contributed by atoms with Gasteiger partial charge in [0.1, 0.15) is 0 Å². The van der Waals surface area contributed by atoms with Crippen LogP contribution in [0.25, 0.3) is 23.4 Å². The standard InChI is InChI=1S/C18H14N2O2S/c21-18(20-22)15-5-3-13(4-6-15)1-2-14-7-9-19-17(11-14)16-8-10-23-12-16/h1-12,22H,(H,20,21)/b2-1+. The number of nitrogens with zero attached hydrogens (tertiary/aromatic N) is 1. The Kier molecular flexibility index (Phi) is 4.61. The van der Waals surface area contributed by atoms with Crippen molar-refractivity contribution in [3.63, 3.8) is 0 Å². The largest absolute Gasteiger partial charge is 0.288 e. The van der Waals surface area contributed by atoms with Gasteiger partial charge >= 0.3 is 0 Å². The van der Waals surface area contributed by atoms with E-state index in [0.717, 1.165) is 22.4 Å². The molecule has 0 radical (unpaired) electrons. The van der Waals surface area contributed by atoms with E-state index < -0.39 is 5.91 Å². The first-order chi connectivity index (χ1) is 11.3. The summed E-state index contributed by atoms with van der Waals surface area (Å²) in [6, 6.07) is 13.0. The van der Waals surface area contributed by atoms with Crippen LogP contribution in [0.4, 0.5) is 0 Å². The van der Waals surface area contributed by atoms with Gasteiger partial charge in [0.25, 0.3) is 5.91 Å². The summed E-state index contributed by atoms with van der Waals surface area (Å²) >= 11 is 1.65. The lowest BCUT2D eigenvalue weighted by atomic mass is 10.1. The van der Waals surface area contributed by atoms with Crippen LogP contribution in [0.5, 0.6) is 0 Å². The Morgan fingerprint density at radius 3 is 2.57 bits per heavy atom. The number of carbonyl (C=O) groups excluding carboxylic acids is 1. The van der Waals surface area contributed by atoms with Crippen molar-refractivity contribution in [2.24, 2.45) is 0 Å². The molecule has 5 heteroatoms. The minimum Gasteiger partial charge on any atom is -0.288 e. The molecular formula is C18H14N2O2S. The SMILES string of the molecule is O=C(NO)c1ccc(/C=C/c2ccnc(-c3ccsc3)c2)cc1. The number of thiophene rings is 1. The van der Waals surface area contributed by atoms with Gasteiger partial charge in [-0.1, -0.05) is 24.3 Å². The molecule has 1 aromatic carbocycles. The number of nitrogens with one attached hydrogen (secondary N) is 1. The van der Waals surface area contributed by atoms with Crippen LogP contribution in [0, 0.1) is 0 Å². The molecule has 0 saturated carbocycles. The molecule has 0 bridgehead atoms. The minimum atomic E-state index is -0.518. The van der Waals surface area contributed by atoms with E-state index in [1.54, 1.807) is 35.1 Å². The van der Waals surface area contributed by atoms with Gasteiger partial charge in [-0.2, -0.15) is 11.3 Å². The highest BCUT2D eigenvalue weighted by molar-refractivity contribution is 7.08. The molecule has 0 aliphatic rings. The Balaban J connectivity index is 1.78. The molecule has 0 atom stereocenters. The van der Waals surface area contributed by atoms with E-state index in [2.05, 4.69) is 10.4 Å². The third kappa shape index (κ3) is 3.71. The van der Waals surface area contributed by atoms with Crippen LogP contribution in [0.1, 0.15) is 21.5 Å². The van der Waals surface area contributed by atoms with E-state index >= 15 is 0 Å². The van der Waals surface area contributed by atoms with Gasteiger partial charge in [0.05, 0.1) is 5.69 Å². The monoisotopic (exact) mass is 322 g/mol. The lowest BCUT2D eigenvalue weighted by Gasteiger charge is -2.00. The lowest BCUT2D eigenvalue weighted by Crippen LogP contribution is -2.18. The van der Waals surface area contributed by atoms with Gasteiger partial charge in [-0.25, -0.2) is 5.48 Å². The first-order valence-corrected chi connectivity index (χ1v) is 7.92. The molecule has 0 aliphatic heterocycles. The summed E-state index contributed by atoms with van der Waals surface area (Å²) in [5, 5.41) is 12.7. The number of hydroxylamine groups is 1. The van der Waals surface area contributed by atoms with Crippen molar-refractivity contribution in [2.45, 2.75) is 0 Å². The zero-order chi connectivity index (χ0) is 16.1. The van der Waals surface area contributed by atoms with Crippen molar-refractivity contribution >= 4 is 29.4 Å². The van der Waals surface area contributed by atoms with Crippen LogP contribution in [0.15, 0.2) is 59.4 Å². The average Bonchev–Trinajstić information content (AvgIpc) is 3.15. The second kappa shape index (κ2) is 7.00. The molecule has 2 aromatic heterocycles. The number of amides is 1. The maximum absolute atomic E-state index is 11.3. The van der Waals surface area contributed by atoms with Crippen LogP contribution in [0.2, 0.25) is 0 Å². The minimum absolute atomic E-state index is 0.410. The van der Waals surface area contributed by atoms with E-state index in [1.165, 1.54) is 0 Å². The fourth-order valence-corrected chi connectivity index (χ4v) is 2.77. The molecule has 3 rings (SSSR count). The number of rotatable bonds is 4. The van der Waals surface area contributed by atoms with E-state index in [9.17, 15) is 4.79 Å². The molecule has 0 saturated heterocycles. The van der Waals surface area contributed by atoms with E-state index in [0.29, 0.717) is 5.56 Å². The number of carbonyl (C=O) groups is 1. The maximum atomic E-state index is 11.3. The van der Waals surface area contributed by atoms with Crippen molar-refractivity contribution in [1.82, 2.24) is 10.5 Å². The highest BCUT2D eigenvalue weighted by atomic mass is 32.1. The molecule has 0 aliphatic carbocycles. The van der Waals surface area contributed by atoms with Crippen LogP contribution < -0.4 is 5.48 Å². The fourth-order valence-electron chi connectivity index (χ4n) is 2.12. The van der Waals surface area contributed by atoms with Gasteiger partial charge < -0.3 is 0 Å². The molecule has 2 heterocycles. The van der Waals surface area contributed by atoms with Gasteiger partial charge in [0.15, 0.2) is 0 Å². The first-order valence-electron chi connectivity index (χ1n) is 6.97. The molecule has 0 fully saturated rings. The smallest absolute Gasteiger partial charge is 0.274 e. The van der Waals surface area contributed by atoms with Crippen molar-refractivity contribution in [3.05, 3.63) is 76.1 Å². The second-order valence-electron chi connectivity index (χ2n) is 4.88. The Morgan fingerprint density at radius 2 is 1.87 bits per heavy atom. The third-order valence-corrected chi connectivity index (χ3v) is 4.03. The van der Waals surface area contributed by atoms with Crippen molar-refractivity contribution in [1.29, 1.82) is 0 Å². The molecule has 4 nitrogen and oxygen atoms in total. The van der Waals surface area contributed by atoms with Gasteiger partial charge in [-0.05, 0) is 46.8 Å². The Morgan fingerprint density at radius 1 is 1.09 bits per heavy atom. The predicted molar refractivity (Wildman–Crippen MR) is 92.2 cm³/mol. The summed E-state index contributed by atoms with van der Waals surface area (Å²) in [6.45, 7) is 0. The van der Waals surface area contributed by atoms with E-state index in [4.69, 9.17) is 5.21 Å². The number of benzene rings is 1. The highest BCUT2D eigenvalue weighted by Gasteiger charge is 2.02. The van der Waals surface area contributed by atoms with Crippen molar-refractivity contribution < 1.29 is 10.0 Å². The normalized spacial score (nSPS) is 10.8. The average molecular weight is 322 g/mol. The van der Waals surface area contributed by atoms with Crippen LogP contribution in [0.3, 0.4) is 0 Å². The Bertz CT molecular complexity index is 824. The first kappa shape index (κ1) is 15.1. The molecule has 2 N–H and O–H groups in total. The Hall–Kier alpha value is -2.76. The molecule has 0 spiro atoms. The zero-order valence-electron chi connectivity index (χ0n) is 12.1. The number of hydrogen-bond donors (Lipinski definition) is 2. The fraction of sp³-hybridized carbons (Fsp3) is 0. The molecule has 23 heavy (non-hydrogen) atoms. The van der Waals surface area contributed by atoms with Gasteiger partial charge in [0.2, 0.25) is 0 Å². The quantitative estimate of drug-likeness (QED) is 0.561. The Labute approximate surface area is 137 Å². The summed E-state index contributed by atoms with van der Waals surface area (Å²) < 4.78 is 0. The highest BCUT2D eigenvalue weighted by Crippen LogP contribution is 2.21. The maximum Gasteiger partial charge on any atom is 0.274 e.